The zero-order valence-corrected chi connectivity index (χ0v) is 21.1. The fourth-order valence-electron chi connectivity index (χ4n) is 4.74. The molecule has 228 valence electrons. The van der Waals surface area contributed by atoms with Crippen LogP contribution in [0.1, 0.15) is 34.7 Å². The Morgan fingerprint density at radius 3 is 1.83 bits per heavy atom. The first kappa shape index (κ1) is 31.2. The van der Waals surface area contributed by atoms with Gasteiger partial charge in [-0.15, -0.1) is 13.2 Å². The van der Waals surface area contributed by atoms with Crippen LogP contribution in [0, 0.1) is 0 Å². The molecule has 0 fully saturated rings. The number of alkyl halides is 12. The molecule has 1 atom stereocenters. The Balaban J connectivity index is 1.82. The van der Waals surface area contributed by atoms with Crippen LogP contribution in [0.4, 0.5) is 64.1 Å². The third kappa shape index (κ3) is 7.73. The van der Waals surface area contributed by atoms with Crippen molar-refractivity contribution in [1.29, 1.82) is 0 Å². The number of ether oxygens (including phenoxy) is 1. The number of para-hydroxylation sites is 2. The van der Waals surface area contributed by atoms with Crippen molar-refractivity contribution in [3.63, 3.8) is 0 Å². The zero-order chi connectivity index (χ0) is 31.1. The minimum Gasteiger partial charge on any atom is -0.406 e. The Morgan fingerprint density at radius 1 is 0.690 bits per heavy atom. The average Bonchev–Trinajstić information content (AvgIpc) is 2.85. The standard InChI is InChI=1S/C27H20F12N2O/c28-24(29,30)8-9-41-22-7-2-1-6-21(22)40(14-16-4-3-5-20(10-16)42-27(37,38)39)15-23(41)17-11-18(25(31,32)33)13-19(12-17)26(34,35)36/h1-7,10-13,23H,8-9,14-15H2/t23-/m0/s1. The summed E-state index contributed by atoms with van der Waals surface area (Å²) in [6.45, 7) is -1.37. The fraction of sp³-hybridized carbons (Fsp3) is 0.333. The predicted octanol–water partition coefficient (Wildman–Crippen LogP) is 9.14. The van der Waals surface area contributed by atoms with Crippen molar-refractivity contribution in [2.45, 2.75) is 43.9 Å². The molecule has 0 N–H and O–H groups in total. The van der Waals surface area contributed by atoms with Gasteiger partial charge in [-0.3, -0.25) is 0 Å². The summed E-state index contributed by atoms with van der Waals surface area (Å²) in [5, 5.41) is 0. The molecule has 42 heavy (non-hydrogen) atoms. The molecule has 15 heteroatoms. The Morgan fingerprint density at radius 2 is 1.29 bits per heavy atom. The van der Waals surface area contributed by atoms with Gasteiger partial charge in [0.1, 0.15) is 5.75 Å². The maximum absolute atomic E-state index is 13.6. The van der Waals surface area contributed by atoms with E-state index in [1.807, 2.05) is 0 Å². The molecule has 3 nitrogen and oxygen atoms in total. The summed E-state index contributed by atoms with van der Waals surface area (Å²) in [6, 6.07) is 9.97. The Labute approximate surface area is 230 Å². The molecule has 0 saturated heterocycles. The van der Waals surface area contributed by atoms with Crippen molar-refractivity contribution in [3.05, 3.63) is 89.0 Å². The van der Waals surface area contributed by atoms with Crippen LogP contribution in [0.5, 0.6) is 5.75 Å². The monoisotopic (exact) mass is 616 g/mol. The molecule has 3 aromatic carbocycles. The molecule has 0 aromatic heterocycles. The lowest BCUT2D eigenvalue weighted by Crippen LogP contribution is -2.44. The number of nitrogens with zero attached hydrogens (tertiary/aromatic N) is 2. The summed E-state index contributed by atoms with van der Waals surface area (Å²) < 4.78 is 164. The quantitative estimate of drug-likeness (QED) is 0.257. The highest BCUT2D eigenvalue weighted by atomic mass is 19.4. The number of fused-ring (bicyclic) bond motifs is 1. The molecule has 0 amide bonds. The lowest BCUT2D eigenvalue weighted by atomic mass is 9.94. The summed E-state index contributed by atoms with van der Waals surface area (Å²) >= 11 is 0. The van der Waals surface area contributed by atoms with Gasteiger partial charge in [0.2, 0.25) is 0 Å². The first-order chi connectivity index (χ1) is 19.3. The third-order valence-corrected chi connectivity index (χ3v) is 6.44. The molecule has 1 heterocycles. The number of anilines is 2. The van der Waals surface area contributed by atoms with Gasteiger partial charge in [-0.25, -0.2) is 0 Å². The van der Waals surface area contributed by atoms with E-state index in [2.05, 4.69) is 4.74 Å². The van der Waals surface area contributed by atoms with Gasteiger partial charge in [0.05, 0.1) is 35.0 Å². The highest BCUT2D eigenvalue weighted by Gasteiger charge is 2.40. The van der Waals surface area contributed by atoms with Crippen molar-refractivity contribution in [2.24, 2.45) is 0 Å². The molecule has 4 rings (SSSR count). The predicted molar refractivity (Wildman–Crippen MR) is 128 cm³/mol. The second-order valence-electron chi connectivity index (χ2n) is 9.48. The van der Waals surface area contributed by atoms with E-state index in [0.717, 1.165) is 17.0 Å². The van der Waals surface area contributed by atoms with Crippen LogP contribution in [0.3, 0.4) is 0 Å². The molecule has 0 saturated carbocycles. The van der Waals surface area contributed by atoms with Crippen LogP contribution < -0.4 is 14.5 Å². The van der Waals surface area contributed by atoms with E-state index < -0.39 is 72.9 Å². The number of hydrogen-bond donors (Lipinski definition) is 0. The van der Waals surface area contributed by atoms with E-state index in [1.54, 1.807) is 0 Å². The first-order valence-corrected chi connectivity index (χ1v) is 12.1. The third-order valence-electron chi connectivity index (χ3n) is 6.44. The van der Waals surface area contributed by atoms with Crippen molar-refractivity contribution >= 4 is 11.4 Å². The molecule has 0 unspecified atom stereocenters. The van der Waals surface area contributed by atoms with Crippen LogP contribution in [0.25, 0.3) is 0 Å². The number of benzene rings is 3. The van der Waals surface area contributed by atoms with Crippen molar-refractivity contribution in [1.82, 2.24) is 0 Å². The number of hydrogen-bond acceptors (Lipinski definition) is 3. The zero-order valence-electron chi connectivity index (χ0n) is 21.1. The molecule has 1 aliphatic heterocycles. The van der Waals surface area contributed by atoms with Crippen LogP contribution in [-0.4, -0.2) is 25.6 Å². The van der Waals surface area contributed by atoms with Crippen molar-refractivity contribution < 1.29 is 57.4 Å². The lowest BCUT2D eigenvalue weighted by Gasteiger charge is -2.45. The topological polar surface area (TPSA) is 15.7 Å². The summed E-state index contributed by atoms with van der Waals surface area (Å²) in [5.74, 6) is -0.568. The Bertz CT molecular complexity index is 1360. The van der Waals surface area contributed by atoms with Gasteiger partial charge in [0.15, 0.2) is 0 Å². The SMILES string of the molecule is FC(F)(F)CCN1c2ccccc2N(Cc2cccc(OC(F)(F)F)c2)C[C@H]1c1cc(C(F)(F)F)cc(C(F)(F)F)c1. The van der Waals surface area contributed by atoms with E-state index in [-0.39, 0.29) is 29.5 Å². The molecule has 0 bridgehead atoms. The van der Waals surface area contributed by atoms with Crippen LogP contribution in [-0.2, 0) is 18.9 Å². The highest BCUT2D eigenvalue weighted by Crippen LogP contribution is 2.45. The van der Waals surface area contributed by atoms with Crippen molar-refractivity contribution in [2.75, 3.05) is 22.9 Å². The highest BCUT2D eigenvalue weighted by molar-refractivity contribution is 5.75. The second-order valence-corrected chi connectivity index (χ2v) is 9.48. The molecule has 3 aromatic rings. The summed E-state index contributed by atoms with van der Waals surface area (Å²) in [7, 11) is 0. The van der Waals surface area contributed by atoms with Gasteiger partial charge in [-0.05, 0) is 53.6 Å². The van der Waals surface area contributed by atoms with E-state index in [9.17, 15) is 52.7 Å². The minimum atomic E-state index is -5.20. The van der Waals surface area contributed by atoms with Gasteiger partial charge in [0, 0.05) is 19.6 Å². The number of rotatable bonds is 6. The van der Waals surface area contributed by atoms with E-state index in [4.69, 9.17) is 0 Å². The average molecular weight is 616 g/mol. The second kappa shape index (κ2) is 11.1. The van der Waals surface area contributed by atoms with E-state index in [0.29, 0.717) is 12.1 Å². The molecule has 1 aliphatic rings. The number of halogens is 12. The van der Waals surface area contributed by atoms with Gasteiger partial charge in [-0.2, -0.15) is 39.5 Å². The van der Waals surface area contributed by atoms with Crippen LogP contribution in [0.15, 0.2) is 66.7 Å². The first-order valence-electron chi connectivity index (χ1n) is 12.1. The lowest BCUT2D eigenvalue weighted by molar-refractivity contribution is -0.274. The molecule has 0 spiro atoms. The van der Waals surface area contributed by atoms with Gasteiger partial charge in [0.25, 0.3) is 0 Å². The Hall–Kier alpha value is -3.78. The molecular weight excluding hydrogens is 596 g/mol. The fourth-order valence-corrected chi connectivity index (χ4v) is 4.74. The largest absolute Gasteiger partial charge is 0.573 e. The van der Waals surface area contributed by atoms with Crippen molar-refractivity contribution in [3.8, 4) is 5.75 Å². The molecular formula is C27H20F12N2O. The summed E-state index contributed by atoms with van der Waals surface area (Å²) in [5.41, 5.74) is -3.20. The van der Waals surface area contributed by atoms with Crippen LogP contribution in [0.2, 0.25) is 0 Å². The van der Waals surface area contributed by atoms with Gasteiger partial charge in [-0.1, -0.05) is 24.3 Å². The Kier molecular flexibility index (Phi) is 8.26. The summed E-state index contributed by atoms with van der Waals surface area (Å²) in [4.78, 5) is 2.56. The minimum absolute atomic E-state index is 0.0791. The summed E-state index contributed by atoms with van der Waals surface area (Å²) in [6.07, 6.45) is -21.5. The maximum atomic E-state index is 13.6. The van der Waals surface area contributed by atoms with Crippen LogP contribution >= 0.6 is 0 Å². The van der Waals surface area contributed by atoms with E-state index in [1.165, 1.54) is 41.3 Å². The van der Waals surface area contributed by atoms with E-state index >= 15 is 0 Å². The van der Waals surface area contributed by atoms with Gasteiger partial charge < -0.3 is 14.5 Å². The molecule has 0 radical (unpaired) electrons. The van der Waals surface area contributed by atoms with Gasteiger partial charge >= 0.3 is 24.9 Å². The normalized spacial score (nSPS) is 16.4. The molecule has 0 aliphatic carbocycles. The smallest absolute Gasteiger partial charge is 0.406 e. The maximum Gasteiger partial charge on any atom is 0.573 e.